The third-order valence-corrected chi connectivity index (χ3v) is 3.73. The summed E-state index contributed by atoms with van der Waals surface area (Å²) >= 11 is 5.86. The summed E-state index contributed by atoms with van der Waals surface area (Å²) in [7, 11) is 2.90. The van der Waals surface area contributed by atoms with Crippen molar-refractivity contribution in [2.24, 2.45) is 0 Å². The quantitative estimate of drug-likeness (QED) is 0.435. The molecule has 2 rings (SSSR count). The summed E-state index contributed by atoms with van der Waals surface area (Å²) in [6.07, 6.45) is 0. The Morgan fingerprint density at radius 1 is 1.15 bits per heavy atom. The number of carbonyl (C=O) groups is 2. The minimum Gasteiger partial charge on any atom is -0.497 e. The van der Waals surface area contributed by atoms with Gasteiger partial charge in [0.15, 0.2) is 6.61 Å². The molecule has 0 aliphatic heterocycles. The summed E-state index contributed by atoms with van der Waals surface area (Å²) in [5.41, 5.74) is -0.208. The number of hydrogen-bond donors (Lipinski definition) is 1. The number of amides is 1. The Morgan fingerprint density at radius 2 is 1.89 bits per heavy atom. The first-order valence-corrected chi connectivity index (χ1v) is 7.86. The summed E-state index contributed by atoms with van der Waals surface area (Å²) in [4.78, 5) is 34.2. The Balaban J connectivity index is 2.05. The molecule has 2 aromatic rings. The van der Waals surface area contributed by atoms with Crippen LogP contribution in [0.15, 0.2) is 36.4 Å². The first-order valence-electron chi connectivity index (χ1n) is 7.48. The molecular weight excluding hydrogens is 380 g/mol. The number of carbonyl (C=O) groups excluding carboxylic acids is 2. The summed E-state index contributed by atoms with van der Waals surface area (Å²) in [5, 5.41) is 13.3. The number of benzene rings is 2. The van der Waals surface area contributed by atoms with E-state index in [1.54, 1.807) is 12.1 Å². The van der Waals surface area contributed by atoms with E-state index >= 15 is 0 Å². The maximum atomic E-state index is 12.1. The second kappa shape index (κ2) is 8.86. The molecule has 0 unspecified atom stereocenters. The molecule has 1 amide bonds. The fourth-order valence-electron chi connectivity index (χ4n) is 2.09. The number of nitrogens with one attached hydrogen (secondary N) is 1. The lowest BCUT2D eigenvalue weighted by Gasteiger charge is -2.12. The molecule has 0 saturated carbocycles. The van der Waals surface area contributed by atoms with Crippen LogP contribution >= 0.6 is 11.6 Å². The van der Waals surface area contributed by atoms with Crippen LogP contribution in [0.1, 0.15) is 10.4 Å². The third-order valence-electron chi connectivity index (χ3n) is 3.40. The molecule has 0 saturated heterocycles. The molecule has 0 aliphatic carbocycles. The average molecular weight is 395 g/mol. The van der Waals surface area contributed by atoms with Crippen molar-refractivity contribution >= 4 is 34.9 Å². The Labute approximate surface area is 158 Å². The van der Waals surface area contributed by atoms with Gasteiger partial charge in [-0.05, 0) is 18.2 Å². The predicted octanol–water partition coefficient (Wildman–Crippen LogP) is 3.06. The monoisotopic (exact) mass is 394 g/mol. The fraction of sp³-hybridized carbons (Fsp3) is 0.176. The first kappa shape index (κ1) is 20.0. The van der Waals surface area contributed by atoms with Gasteiger partial charge in [-0.2, -0.15) is 0 Å². The second-order valence-electron chi connectivity index (χ2n) is 5.11. The summed E-state index contributed by atoms with van der Waals surface area (Å²) in [6, 6.07) is 8.13. The molecule has 142 valence electrons. The molecule has 0 heterocycles. The van der Waals surface area contributed by atoms with E-state index in [0.717, 1.165) is 12.1 Å². The topological polar surface area (TPSA) is 117 Å². The van der Waals surface area contributed by atoms with E-state index in [1.165, 1.54) is 26.4 Å². The molecule has 27 heavy (non-hydrogen) atoms. The van der Waals surface area contributed by atoms with Gasteiger partial charge in [-0.1, -0.05) is 11.6 Å². The van der Waals surface area contributed by atoms with Crippen LogP contribution in [0.25, 0.3) is 0 Å². The Kier molecular flexibility index (Phi) is 6.56. The van der Waals surface area contributed by atoms with Crippen LogP contribution < -0.4 is 14.8 Å². The molecule has 0 aromatic heterocycles. The number of methoxy groups -OCH3 is 2. The molecule has 0 spiro atoms. The van der Waals surface area contributed by atoms with Crippen LogP contribution in [-0.4, -0.2) is 37.6 Å². The molecular formula is C17H15ClN2O7. The van der Waals surface area contributed by atoms with Gasteiger partial charge in [0, 0.05) is 18.2 Å². The van der Waals surface area contributed by atoms with Gasteiger partial charge in [0.2, 0.25) is 0 Å². The minimum absolute atomic E-state index is 0.0273. The Bertz CT molecular complexity index is 886. The second-order valence-corrected chi connectivity index (χ2v) is 5.52. The van der Waals surface area contributed by atoms with Gasteiger partial charge in [0.1, 0.15) is 11.5 Å². The van der Waals surface area contributed by atoms with Crippen molar-refractivity contribution < 1.29 is 28.7 Å². The van der Waals surface area contributed by atoms with E-state index < -0.39 is 23.4 Å². The highest BCUT2D eigenvalue weighted by atomic mass is 35.5. The Morgan fingerprint density at radius 3 is 2.52 bits per heavy atom. The molecule has 0 bridgehead atoms. The van der Waals surface area contributed by atoms with Crippen LogP contribution in [0.2, 0.25) is 5.02 Å². The van der Waals surface area contributed by atoms with E-state index in [4.69, 9.17) is 25.8 Å². The maximum Gasteiger partial charge on any atom is 0.340 e. The molecule has 0 atom stereocenters. The van der Waals surface area contributed by atoms with E-state index in [1.807, 2.05) is 0 Å². The zero-order valence-corrected chi connectivity index (χ0v) is 15.1. The largest absolute Gasteiger partial charge is 0.497 e. The van der Waals surface area contributed by atoms with E-state index in [9.17, 15) is 19.7 Å². The van der Waals surface area contributed by atoms with Gasteiger partial charge in [0.25, 0.3) is 11.6 Å². The average Bonchev–Trinajstić information content (AvgIpc) is 2.66. The number of ether oxygens (including phenoxy) is 3. The number of esters is 1. The van der Waals surface area contributed by atoms with E-state index in [-0.39, 0.29) is 16.3 Å². The number of rotatable bonds is 7. The van der Waals surface area contributed by atoms with Gasteiger partial charge in [-0.15, -0.1) is 0 Å². The van der Waals surface area contributed by atoms with E-state index in [2.05, 4.69) is 5.32 Å². The highest BCUT2D eigenvalue weighted by Crippen LogP contribution is 2.29. The Hall–Kier alpha value is -3.33. The number of nitrogens with zero attached hydrogens (tertiary/aromatic N) is 1. The lowest BCUT2D eigenvalue weighted by atomic mass is 10.2. The van der Waals surface area contributed by atoms with Gasteiger partial charge in [0.05, 0.1) is 35.4 Å². The molecule has 1 N–H and O–H groups in total. The first-order chi connectivity index (χ1) is 12.8. The number of non-ortho nitro benzene ring substituents is 1. The zero-order chi connectivity index (χ0) is 20.0. The highest BCUT2D eigenvalue weighted by Gasteiger charge is 2.18. The minimum atomic E-state index is -0.962. The van der Waals surface area contributed by atoms with Crippen molar-refractivity contribution in [3.05, 3.63) is 57.1 Å². The van der Waals surface area contributed by atoms with Gasteiger partial charge in [-0.3, -0.25) is 14.9 Å². The summed E-state index contributed by atoms with van der Waals surface area (Å²) in [5.74, 6) is -0.725. The summed E-state index contributed by atoms with van der Waals surface area (Å²) in [6.45, 7) is -0.627. The summed E-state index contributed by atoms with van der Waals surface area (Å²) < 4.78 is 15.1. The van der Waals surface area contributed by atoms with Crippen LogP contribution in [0.5, 0.6) is 11.5 Å². The predicted molar refractivity (Wildman–Crippen MR) is 96.6 cm³/mol. The number of halogens is 1. The molecule has 9 nitrogen and oxygen atoms in total. The number of anilines is 1. The van der Waals surface area contributed by atoms with Gasteiger partial charge in [-0.25, -0.2) is 4.79 Å². The lowest BCUT2D eigenvalue weighted by molar-refractivity contribution is -0.384. The van der Waals surface area contributed by atoms with Crippen molar-refractivity contribution in [2.45, 2.75) is 0 Å². The van der Waals surface area contributed by atoms with Crippen LogP contribution in [-0.2, 0) is 9.53 Å². The van der Waals surface area contributed by atoms with Crippen LogP contribution in [0.3, 0.4) is 0 Å². The number of nitro groups is 1. The van der Waals surface area contributed by atoms with Crippen molar-refractivity contribution in [3.8, 4) is 11.5 Å². The van der Waals surface area contributed by atoms with Crippen molar-refractivity contribution in [1.29, 1.82) is 0 Å². The molecule has 2 aromatic carbocycles. The lowest BCUT2D eigenvalue weighted by Crippen LogP contribution is -2.21. The standard InChI is InChI=1S/C17H15ClN2O7/c1-25-11-4-6-15(26-2)14(8-11)19-16(21)9-27-17(22)12-7-10(20(23)24)3-5-13(12)18/h3-8H,9H2,1-2H3,(H,19,21). The van der Waals surface area contributed by atoms with E-state index in [0.29, 0.717) is 17.2 Å². The fourth-order valence-corrected chi connectivity index (χ4v) is 2.28. The smallest absolute Gasteiger partial charge is 0.340 e. The normalized spacial score (nSPS) is 10.0. The number of hydrogen-bond acceptors (Lipinski definition) is 7. The third kappa shape index (κ3) is 5.08. The van der Waals surface area contributed by atoms with Crippen molar-refractivity contribution in [2.75, 3.05) is 26.1 Å². The van der Waals surface area contributed by atoms with Crippen molar-refractivity contribution in [1.82, 2.24) is 0 Å². The molecule has 0 radical (unpaired) electrons. The van der Waals surface area contributed by atoms with Crippen LogP contribution in [0, 0.1) is 10.1 Å². The molecule has 10 heteroatoms. The zero-order valence-electron chi connectivity index (χ0n) is 14.4. The highest BCUT2D eigenvalue weighted by molar-refractivity contribution is 6.33. The molecule has 0 aliphatic rings. The SMILES string of the molecule is COc1ccc(OC)c(NC(=O)COC(=O)c2cc([N+](=O)[O-])ccc2Cl)c1. The maximum absolute atomic E-state index is 12.1. The van der Waals surface area contributed by atoms with Gasteiger partial charge < -0.3 is 19.5 Å². The van der Waals surface area contributed by atoms with Crippen molar-refractivity contribution in [3.63, 3.8) is 0 Å². The van der Waals surface area contributed by atoms with Gasteiger partial charge >= 0.3 is 5.97 Å². The van der Waals surface area contributed by atoms with Crippen LogP contribution in [0.4, 0.5) is 11.4 Å². The molecule has 0 fully saturated rings. The number of nitro benzene ring substituents is 1.